The summed E-state index contributed by atoms with van der Waals surface area (Å²) in [6, 6.07) is 9.05. The number of nitriles is 1. The van der Waals surface area contributed by atoms with Gasteiger partial charge in [-0.25, -0.2) is 14.3 Å². The molecule has 0 aliphatic rings. The first kappa shape index (κ1) is 31.1. The van der Waals surface area contributed by atoms with Crippen molar-refractivity contribution in [3.63, 3.8) is 0 Å². The third-order valence-electron chi connectivity index (χ3n) is 6.20. The van der Waals surface area contributed by atoms with Crippen LogP contribution in [-0.4, -0.2) is 66.0 Å². The Morgan fingerprint density at radius 1 is 1.19 bits per heavy atom. The lowest BCUT2D eigenvalue weighted by Crippen LogP contribution is -2.40. The highest BCUT2D eigenvalue weighted by Gasteiger charge is 2.38. The maximum absolute atomic E-state index is 13.7. The number of nitrogens with zero attached hydrogens (tertiary/aromatic N) is 8. The van der Waals surface area contributed by atoms with Crippen LogP contribution in [0.3, 0.4) is 0 Å². The molecule has 0 aliphatic carbocycles. The highest BCUT2D eigenvalue weighted by Crippen LogP contribution is 2.28. The highest BCUT2D eigenvalue weighted by atomic mass is 35.5. The molecule has 13 nitrogen and oxygen atoms in total. The number of anilines is 1. The number of aryl methyl sites for hydroxylation is 1. The molecule has 0 fully saturated rings. The van der Waals surface area contributed by atoms with E-state index in [2.05, 4.69) is 36.2 Å². The molecule has 0 aliphatic heterocycles. The van der Waals surface area contributed by atoms with Crippen molar-refractivity contribution in [1.82, 2.24) is 40.3 Å². The van der Waals surface area contributed by atoms with Gasteiger partial charge in [0.05, 0.1) is 45.7 Å². The van der Waals surface area contributed by atoms with E-state index in [1.54, 1.807) is 26.8 Å². The fourth-order valence-corrected chi connectivity index (χ4v) is 4.07. The van der Waals surface area contributed by atoms with E-state index in [4.69, 9.17) is 16.3 Å². The Kier molecular flexibility index (Phi) is 8.78. The first-order valence-corrected chi connectivity index (χ1v) is 12.8. The monoisotopic (exact) mass is 616 g/mol. The summed E-state index contributed by atoms with van der Waals surface area (Å²) < 4.78 is 46.9. The molecule has 0 saturated carbocycles. The molecule has 2 N–H and O–H groups in total. The van der Waals surface area contributed by atoms with Crippen molar-refractivity contribution in [2.45, 2.75) is 39.1 Å². The van der Waals surface area contributed by atoms with Crippen LogP contribution in [0.2, 0.25) is 5.02 Å². The minimum Gasteiger partial charge on any atom is -0.377 e. The summed E-state index contributed by atoms with van der Waals surface area (Å²) in [5.74, 6) is -2.72. The molecule has 2 amide bonds. The topological polar surface area (TPSA) is 166 Å². The third-order valence-corrected chi connectivity index (χ3v) is 6.50. The van der Waals surface area contributed by atoms with Gasteiger partial charge in [0.2, 0.25) is 0 Å². The first-order valence-electron chi connectivity index (χ1n) is 12.5. The highest BCUT2D eigenvalue weighted by molar-refractivity contribution is 6.32. The summed E-state index contributed by atoms with van der Waals surface area (Å²) in [5, 5.41) is 28.7. The van der Waals surface area contributed by atoms with Crippen LogP contribution in [0.1, 0.15) is 57.3 Å². The Balaban J connectivity index is 1.75. The average molecular weight is 617 g/mol. The molecule has 0 unspecified atom stereocenters. The minimum absolute atomic E-state index is 0.00229. The zero-order valence-corrected chi connectivity index (χ0v) is 23.9. The number of methoxy groups -OCH3 is 1. The number of rotatable bonds is 9. The summed E-state index contributed by atoms with van der Waals surface area (Å²) in [6.45, 7) is 4.71. The standard InChI is InChI=1S/C26H24ClF3N10O3/c1-14-8-15(11-31)9-17(22(41)33-13-25(2,3)43-4)20(14)34-23(42)19-10-16(12-39-24(26(28,29)30)35-37-38-39)36-40(19)21-18(27)6-5-7-32-21/h5-10H,12-13H2,1-4H3,(H,33,41)(H,34,42). The van der Waals surface area contributed by atoms with Crippen LogP contribution in [0.25, 0.3) is 5.82 Å². The molecular formula is C26H24ClF3N10O3. The second-order valence-corrected chi connectivity index (χ2v) is 10.2. The minimum atomic E-state index is -4.83. The van der Waals surface area contributed by atoms with Crippen molar-refractivity contribution in [2.24, 2.45) is 0 Å². The molecular weight excluding hydrogens is 593 g/mol. The number of carbonyl (C=O) groups is 2. The van der Waals surface area contributed by atoms with Crippen molar-refractivity contribution in [1.29, 1.82) is 5.26 Å². The lowest BCUT2D eigenvalue weighted by Gasteiger charge is -2.23. The normalized spacial score (nSPS) is 11.7. The van der Waals surface area contributed by atoms with Crippen molar-refractivity contribution in [2.75, 3.05) is 19.0 Å². The average Bonchev–Trinajstić information content (AvgIpc) is 3.60. The SMILES string of the molecule is COC(C)(C)CNC(=O)c1cc(C#N)cc(C)c1NC(=O)c1cc(Cn2nnnc2C(F)(F)F)nn1-c1ncccc1Cl. The van der Waals surface area contributed by atoms with Gasteiger partial charge in [-0.15, -0.1) is 5.10 Å². The van der Waals surface area contributed by atoms with Gasteiger partial charge in [0.1, 0.15) is 5.69 Å². The number of ether oxygens (including phenoxy) is 1. The second-order valence-electron chi connectivity index (χ2n) is 9.83. The zero-order valence-electron chi connectivity index (χ0n) is 23.2. The van der Waals surface area contributed by atoms with Crippen LogP contribution in [-0.2, 0) is 17.5 Å². The van der Waals surface area contributed by atoms with Crippen LogP contribution in [0.4, 0.5) is 18.9 Å². The molecule has 224 valence electrons. The van der Waals surface area contributed by atoms with E-state index in [0.717, 1.165) is 4.68 Å². The van der Waals surface area contributed by atoms with Gasteiger partial charge in [-0.05, 0) is 67.1 Å². The summed E-state index contributed by atoms with van der Waals surface area (Å²) in [6.07, 6.45) is -3.44. The maximum Gasteiger partial charge on any atom is 0.453 e. The maximum atomic E-state index is 13.7. The van der Waals surface area contributed by atoms with E-state index in [1.807, 2.05) is 6.07 Å². The number of hydrogen-bond donors (Lipinski definition) is 2. The molecule has 4 rings (SSSR count). The third kappa shape index (κ3) is 6.96. The van der Waals surface area contributed by atoms with Gasteiger partial charge >= 0.3 is 6.18 Å². The molecule has 0 saturated heterocycles. The predicted octanol–water partition coefficient (Wildman–Crippen LogP) is 3.56. The van der Waals surface area contributed by atoms with Crippen LogP contribution >= 0.6 is 11.6 Å². The lowest BCUT2D eigenvalue weighted by molar-refractivity contribution is -0.147. The largest absolute Gasteiger partial charge is 0.453 e. The number of benzene rings is 1. The number of alkyl halides is 3. The Bertz CT molecular complexity index is 1730. The van der Waals surface area contributed by atoms with E-state index in [1.165, 1.54) is 37.6 Å². The number of hydrogen-bond acceptors (Lipinski definition) is 9. The number of halogens is 4. The molecule has 0 spiro atoms. The summed E-state index contributed by atoms with van der Waals surface area (Å²) in [5.41, 5.74) is -0.220. The van der Waals surface area contributed by atoms with E-state index in [9.17, 15) is 28.0 Å². The van der Waals surface area contributed by atoms with Gasteiger partial charge in [0, 0.05) is 19.9 Å². The summed E-state index contributed by atoms with van der Waals surface area (Å²) in [7, 11) is 1.49. The number of aromatic nitrogens is 7. The van der Waals surface area contributed by atoms with Gasteiger partial charge < -0.3 is 15.4 Å². The van der Waals surface area contributed by atoms with E-state index in [-0.39, 0.29) is 45.6 Å². The Morgan fingerprint density at radius 2 is 1.93 bits per heavy atom. The number of amides is 2. The second kappa shape index (κ2) is 12.2. The lowest BCUT2D eigenvalue weighted by atomic mass is 10.0. The molecule has 0 atom stereocenters. The summed E-state index contributed by atoms with van der Waals surface area (Å²) >= 11 is 6.31. The molecule has 4 aromatic rings. The fourth-order valence-electron chi connectivity index (χ4n) is 3.87. The molecule has 1 aromatic carbocycles. The van der Waals surface area contributed by atoms with E-state index >= 15 is 0 Å². The number of carbonyl (C=O) groups excluding carboxylic acids is 2. The number of pyridine rings is 1. The Morgan fingerprint density at radius 3 is 2.58 bits per heavy atom. The zero-order chi connectivity index (χ0) is 31.5. The van der Waals surface area contributed by atoms with E-state index in [0.29, 0.717) is 10.2 Å². The quantitative estimate of drug-likeness (QED) is 0.286. The smallest absolute Gasteiger partial charge is 0.377 e. The molecule has 17 heteroatoms. The first-order chi connectivity index (χ1) is 20.2. The van der Waals surface area contributed by atoms with E-state index < -0.39 is 36.0 Å². The van der Waals surface area contributed by atoms with Crippen LogP contribution < -0.4 is 10.6 Å². The summed E-state index contributed by atoms with van der Waals surface area (Å²) in [4.78, 5) is 31.1. The van der Waals surface area contributed by atoms with Gasteiger partial charge in [-0.3, -0.25) is 9.59 Å². The number of tetrazole rings is 1. The fraction of sp³-hybridized carbons (Fsp3) is 0.308. The van der Waals surface area contributed by atoms with Crippen molar-refractivity contribution < 1.29 is 27.5 Å². The molecule has 0 bridgehead atoms. The molecule has 43 heavy (non-hydrogen) atoms. The van der Waals surface area contributed by atoms with Crippen LogP contribution in [0, 0.1) is 18.3 Å². The van der Waals surface area contributed by atoms with Crippen LogP contribution in [0.15, 0.2) is 36.5 Å². The Hall–Kier alpha value is -4.88. The number of nitrogens with one attached hydrogen (secondary N) is 2. The van der Waals surface area contributed by atoms with Crippen molar-refractivity contribution in [3.05, 3.63) is 75.5 Å². The van der Waals surface area contributed by atoms with Gasteiger partial charge in [0.25, 0.3) is 17.6 Å². The molecule has 3 aromatic heterocycles. The molecule has 3 heterocycles. The van der Waals surface area contributed by atoms with Crippen LogP contribution in [0.5, 0.6) is 0 Å². The van der Waals surface area contributed by atoms with Crippen molar-refractivity contribution in [3.8, 4) is 11.9 Å². The predicted molar refractivity (Wildman–Crippen MR) is 146 cm³/mol. The molecule has 0 radical (unpaired) electrons. The van der Waals surface area contributed by atoms with Crippen molar-refractivity contribution >= 4 is 29.1 Å². The van der Waals surface area contributed by atoms with Gasteiger partial charge in [-0.1, -0.05) is 11.6 Å². The Labute approximate surface area is 247 Å². The van der Waals surface area contributed by atoms with Gasteiger partial charge in [-0.2, -0.15) is 23.5 Å². The van der Waals surface area contributed by atoms with Gasteiger partial charge in [0.15, 0.2) is 5.82 Å².